The Balaban J connectivity index is 1.36. The van der Waals surface area contributed by atoms with E-state index in [-0.39, 0.29) is 17.7 Å². The van der Waals surface area contributed by atoms with Gasteiger partial charge >= 0.3 is 5.97 Å². The van der Waals surface area contributed by atoms with Gasteiger partial charge in [-0.05, 0) is 42.4 Å². The predicted octanol–water partition coefficient (Wildman–Crippen LogP) is 3.89. The molecule has 1 atom stereocenters. The lowest BCUT2D eigenvalue weighted by molar-refractivity contribution is -0.153. The molecule has 7 heteroatoms. The van der Waals surface area contributed by atoms with Crippen molar-refractivity contribution in [3.63, 3.8) is 0 Å². The first-order valence-corrected chi connectivity index (χ1v) is 14.0. The van der Waals surface area contributed by atoms with Gasteiger partial charge < -0.3 is 20.3 Å². The van der Waals surface area contributed by atoms with Crippen LogP contribution in [0.15, 0.2) is 91.0 Å². The Morgan fingerprint density at radius 2 is 1.38 bits per heavy atom. The van der Waals surface area contributed by atoms with Crippen LogP contribution in [-0.4, -0.2) is 61.5 Å². The van der Waals surface area contributed by atoms with E-state index < -0.39 is 11.5 Å². The number of nitrogens with zero attached hydrogens (tertiary/aromatic N) is 1. The average molecular weight is 542 g/mol. The minimum Gasteiger partial charge on any atom is -0.467 e. The molecule has 1 unspecified atom stereocenters. The van der Waals surface area contributed by atoms with Crippen LogP contribution in [0.1, 0.15) is 41.9 Å². The minimum atomic E-state index is -1.06. The maximum atomic E-state index is 13.4. The van der Waals surface area contributed by atoms with E-state index in [0.717, 1.165) is 17.5 Å². The molecule has 0 saturated carbocycles. The number of carbonyl (C=O) groups is 3. The number of methoxy groups -OCH3 is 1. The van der Waals surface area contributed by atoms with Crippen molar-refractivity contribution in [1.29, 1.82) is 0 Å². The standard InChI is InChI=1S/C33H39N3O4/c1-40-32(39)33(35-30(37)18-17-26-11-5-2-6-12-26)20-23-36(24-21-33)25-29(28-15-9-4-10-16-28)31(38)34-22-19-27-13-7-3-8-14-27/h2-16,29H,17-25H2,1H3,(H,34,38)(H,35,37). The number of piperidine rings is 1. The topological polar surface area (TPSA) is 87.7 Å². The summed E-state index contributed by atoms with van der Waals surface area (Å²) in [5, 5.41) is 6.13. The van der Waals surface area contributed by atoms with Gasteiger partial charge in [0, 0.05) is 32.6 Å². The third-order valence-electron chi connectivity index (χ3n) is 7.66. The van der Waals surface area contributed by atoms with Crippen LogP contribution in [0.25, 0.3) is 0 Å². The second kappa shape index (κ2) is 14.4. The van der Waals surface area contributed by atoms with Crippen molar-refractivity contribution in [3.05, 3.63) is 108 Å². The number of hydrogen-bond acceptors (Lipinski definition) is 5. The molecule has 0 spiro atoms. The van der Waals surface area contributed by atoms with Crippen molar-refractivity contribution >= 4 is 17.8 Å². The SMILES string of the molecule is COC(=O)C1(NC(=O)CCc2ccccc2)CCN(CC(C(=O)NCCc2ccccc2)c2ccccc2)CC1. The van der Waals surface area contributed by atoms with Crippen molar-refractivity contribution in [3.8, 4) is 0 Å². The van der Waals surface area contributed by atoms with Gasteiger partial charge in [0.05, 0.1) is 13.0 Å². The Labute approximate surface area is 236 Å². The van der Waals surface area contributed by atoms with E-state index in [1.54, 1.807) is 0 Å². The molecule has 4 rings (SSSR count). The molecule has 1 saturated heterocycles. The normalized spacial score (nSPS) is 15.5. The summed E-state index contributed by atoms with van der Waals surface area (Å²) >= 11 is 0. The van der Waals surface area contributed by atoms with Gasteiger partial charge in [-0.1, -0.05) is 91.0 Å². The molecule has 7 nitrogen and oxygen atoms in total. The van der Waals surface area contributed by atoms with E-state index in [1.807, 2.05) is 78.9 Å². The highest BCUT2D eigenvalue weighted by Gasteiger charge is 2.44. The summed E-state index contributed by atoms with van der Waals surface area (Å²) in [4.78, 5) is 41.3. The Kier molecular flexibility index (Phi) is 10.5. The highest BCUT2D eigenvalue weighted by Crippen LogP contribution is 2.27. The molecule has 1 heterocycles. The number of amides is 2. The molecule has 1 aliphatic heterocycles. The van der Waals surface area contributed by atoms with Crippen LogP contribution in [0, 0.1) is 0 Å². The Morgan fingerprint density at radius 1 is 0.825 bits per heavy atom. The molecular weight excluding hydrogens is 502 g/mol. The van der Waals surface area contributed by atoms with Crippen LogP contribution in [0.4, 0.5) is 0 Å². The van der Waals surface area contributed by atoms with E-state index in [2.05, 4.69) is 27.7 Å². The molecule has 1 fully saturated rings. The van der Waals surface area contributed by atoms with Crippen molar-refractivity contribution < 1.29 is 19.1 Å². The third-order valence-corrected chi connectivity index (χ3v) is 7.66. The van der Waals surface area contributed by atoms with E-state index in [0.29, 0.717) is 51.9 Å². The number of carbonyl (C=O) groups excluding carboxylic acids is 3. The molecule has 0 bridgehead atoms. The average Bonchev–Trinajstić information content (AvgIpc) is 3.00. The molecule has 2 amide bonds. The van der Waals surface area contributed by atoms with Crippen LogP contribution in [-0.2, 0) is 32.0 Å². The summed E-state index contributed by atoms with van der Waals surface area (Å²) in [5.41, 5.74) is 2.16. The summed E-state index contributed by atoms with van der Waals surface area (Å²) in [6, 6.07) is 29.7. The van der Waals surface area contributed by atoms with Gasteiger partial charge in [-0.15, -0.1) is 0 Å². The van der Waals surface area contributed by atoms with E-state index in [9.17, 15) is 14.4 Å². The number of esters is 1. The fourth-order valence-electron chi connectivity index (χ4n) is 5.31. The zero-order valence-electron chi connectivity index (χ0n) is 23.2. The number of benzene rings is 3. The van der Waals surface area contributed by atoms with Crippen molar-refractivity contribution in [2.45, 2.75) is 43.6 Å². The second-order valence-electron chi connectivity index (χ2n) is 10.4. The first kappa shape index (κ1) is 29.0. The lowest BCUT2D eigenvalue weighted by Gasteiger charge is -2.41. The summed E-state index contributed by atoms with van der Waals surface area (Å²) < 4.78 is 5.13. The molecule has 0 aromatic heterocycles. The molecule has 0 radical (unpaired) electrons. The first-order chi connectivity index (χ1) is 19.5. The maximum absolute atomic E-state index is 13.4. The largest absolute Gasteiger partial charge is 0.467 e. The summed E-state index contributed by atoms with van der Waals surface area (Å²) in [7, 11) is 1.36. The van der Waals surface area contributed by atoms with Gasteiger partial charge in [-0.3, -0.25) is 9.59 Å². The molecule has 3 aromatic carbocycles. The summed E-state index contributed by atoms with van der Waals surface area (Å²) in [6.07, 6.45) is 2.52. The van der Waals surface area contributed by atoms with Gasteiger partial charge in [0.1, 0.15) is 5.54 Å². The number of likely N-dealkylation sites (tertiary alicyclic amines) is 1. The van der Waals surface area contributed by atoms with Gasteiger partial charge in [-0.25, -0.2) is 4.79 Å². The lowest BCUT2D eigenvalue weighted by atomic mass is 9.86. The van der Waals surface area contributed by atoms with Gasteiger partial charge in [0.2, 0.25) is 11.8 Å². The minimum absolute atomic E-state index is 0.0128. The third kappa shape index (κ3) is 8.02. The Hall–Kier alpha value is -3.97. The van der Waals surface area contributed by atoms with Gasteiger partial charge in [0.25, 0.3) is 0 Å². The monoisotopic (exact) mass is 541 g/mol. The maximum Gasteiger partial charge on any atom is 0.331 e. The molecule has 210 valence electrons. The Bertz CT molecular complexity index is 1230. The molecule has 2 N–H and O–H groups in total. The van der Waals surface area contributed by atoms with Crippen molar-refractivity contribution in [2.75, 3.05) is 33.3 Å². The highest BCUT2D eigenvalue weighted by molar-refractivity contribution is 5.88. The van der Waals surface area contributed by atoms with Crippen LogP contribution in [0.2, 0.25) is 0 Å². The fraction of sp³-hybridized carbons (Fsp3) is 0.364. The van der Waals surface area contributed by atoms with Crippen molar-refractivity contribution in [2.24, 2.45) is 0 Å². The zero-order chi connectivity index (χ0) is 28.2. The number of nitrogens with one attached hydrogen (secondary N) is 2. The number of ether oxygens (including phenoxy) is 1. The van der Waals surface area contributed by atoms with Gasteiger partial charge in [-0.2, -0.15) is 0 Å². The fourth-order valence-corrected chi connectivity index (χ4v) is 5.31. The zero-order valence-corrected chi connectivity index (χ0v) is 23.2. The van der Waals surface area contributed by atoms with Crippen LogP contribution in [0.5, 0.6) is 0 Å². The second-order valence-corrected chi connectivity index (χ2v) is 10.4. The lowest BCUT2D eigenvalue weighted by Crippen LogP contribution is -2.60. The quantitative estimate of drug-likeness (QED) is 0.340. The molecule has 40 heavy (non-hydrogen) atoms. The first-order valence-electron chi connectivity index (χ1n) is 14.0. The van der Waals surface area contributed by atoms with E-state index in [1.165, 1.54) is 12.7 Å². The summed E-state index contributed by atoms with van der Waals surface area (Å²) in [6.45, 7) is 2.22. The smallest absolute Gasteiger partial charge is 0.331 e. The van der Waals surface area contributed by atoms with E-state index in [4.69, 9.17) is 4.74 Å². The molecule has 3 aromatic rings. The van der Waals surface area contributed by atoms with E-state index >= 15 is 0 Å². The van der Waals surface area contributed by atoms with Crippen molar-refractivity contribution in [1.82, 2.24) is 15.5 Å². The van der Waals surface area contributed by atoms with Crippen LogP contribution >= 0.6 is 0 Å². The molecular formula is C33H39N3O4. The van der Waals surface area contributed by atoms with Gasteiger partial charge in [0.15, 0.2) is 0 Å². The highest BCUT2D eigenvalue weighted by atomic mass is 16.5. The number of hydrogen-bond donors (Lipinski definition) is 2. The van der Waals surface area contributed by atoms with Crippen LogP contribution < -0.4 is 10.6 Å². The number of rotatable bonds is 12. The number of aryl methyl sites for hydroxylation is 1. The molecule has 1 aliphatic rings. The van der Waals surface area contributed by atoms with Crippen LogP contribution in [0.3, 0.4) is 0 Å². The molecule has 0 aliphatic carbocycles. The summed E-state index contributed by atoms with van der Waals surface area (Å²) in [5.74, 6) is -0.939. The predicted molar refractivity (Wildman–Crippen MR) is 156 cm³/mol. The Morgan fingerprint density at radius 3 is 1.95 bits per heavy atom.